The average Bonchev–Trinajstić information content (AvgIpc) is 2.83. The molecule has 1 saturated heterocycles. The lowest BCUT2D eigenvalue weighted by Gasteiger charge is -2.36. The summed E-state index contributed by atoms with van der Waals surface area (Å²) >= 11 is 0. The number of benzene rings is 1. The van der Waals surface area contributed by atoms with Crippen molar-refractivity contribution in [1.29, 1.82) is 0 Å². The Kier molecular flexibility index (Phi) is 9.76. The summed E-state index contributed by atoms with van der Waals surface area (Å²) in [6, 6.07) is 7.47. The number of hydrogen-bond donors (Lipinski definition) is 2. The Morgan fingerprint density at radius 3 is 2.39 bits per heavy atom. The molecule has 1 heterocycles. The third kappa shape index (κ3) is 7.31. The molecule has 3 atom stereocenters. The molecule has 0 radical (unpaired) electrons. The number of nitrogens with one attached hydrogen (secondary N) is 2. The number of piperidine rings is 1. The third-order valence-electron chi connectivity index (χ3n) is 7.19. The van der Waals surface area contributed by atoms with Gasteiger partial charge in [0.2, 0.25) is 11.8 Å². The third-order valence-corrected chi connectivity index (χ3v) is 7.19. The zero-order chi connectivity index (χ0) is 23.6. The van der Waals surface area contributed by atoms with E-state index in [9.17, 15) is 14.4 Å². The molecular formula is C27H41N3O3. The van der Waals surface area contributed by atoms with E-state index in [1.54, 1.807) is 0 Å². The molecule has 2 N–H and O–H groups in total. The molecule has 6 heteroatoms. The zero-order valence-electron chi connectivity index (χ0n) is 20.4. The minimum Gasteiger partial charge on any atom is -0.351 e. The highest BCUT2D eigenvalue weighted by Gasteiger charge is 2.33. The van der Waals surface area contributed by atoms with E-state index < -0.39 is 0 Å². The van der Waals surface area contributed by atoms with Crippen LogP contribution < -0.4 is 10.6 Å². The minimum atomic E-state index is -0.159. The number of carbonyl (C=O) groups is 3. The van der Waals surface area contributed by atoms with Gasteiger partial charge in [0, 0.05) is 37.2 Å². The van der Waals surface area contributed by atoms with Crippen LogP contribution in [0.25, 0.3) is 0 Å². The number of unbranched alkanes of at least 4 members (excludes halogenated alkanes) is 3. The standard InChI is InChI=1S/C27H41N3O3/c1-3-4-5-6-17-25(31)30-18-11-13-21(19-30)26(32)28-23-15-9-10-16-24(23)29-27(33)22-14-8-7-12-20(22)2/h7-8,12,14,21,23-24H,3-6,9-11,13,15-19H2,1-2H3,(H,28,32)(H,29,33)/t21-,23+,24+/m0/s1. The second kappa shape index (κ2) is 12.8. The number of likely N-dealkylation sites (tertiary alicyclic amines) is 1. The van der Waals surface area contributed by atoms with Gasteiger partial charge < -0.3 is 15.5 Å². The van der Waals surface area contributed by atoms with E-state index in [0.29, 0.717) is 18.5 Å². The van der Waals surface area contributed by atoms with Crippen LogP contribution in [0.1, 0.15) is 93.5 Å². The first-order chi connectivity index (χ1) is 16.0. The van der Waals surface area contributed by atoms with Crippen LogP contribution in [-0.2, 0) is 9.59 Å². The molecule has 1 aromatic rings. The lowest BCUT2D eigenvalue weighted by atomic mass is 9.88. The van der Waals surface area contributed by atoms with E-state index in [4.69, 9.17) is 0 Å². The lowest BCUT2D eigenvalue weighted by molar-refractivity contribution is -0.136. The van der Waals surface area contributed by atoms with Crippen LogP contribution in [0.3, 0.4) is 0 Å². The molecule has 33 heavy (non-hydrogen) atoms. The molecule has 1 saturated carbocycles. The molecule has 2 fully saturated rings. The van der Waals surface area contributed by atoms with Crippen LogP contribution in [0.5, 0.6) is 0 Å². The minimum absolute atomic E-state index is 0.0283. The largest absolute Gasteiger partial charge is 0.351 e. The van der Waals surface area contributed by atoms with Crippen LogP contribution in [0.15, 0.2) is 24.3 Å². The molecule has 2 aliphatic rings. The zero-order valence-corrected chi connectivity index (χ0v) is 20.4. The van der Waals surface area contributed by atoms with Gasteiger partial charge in [0.1, 0.15) is 0 Å². The van der Waals surface area contributed by atoms with Crippen molar-refractivity contribution in [2.75, 3.05) is 13.1 Å². The molecule has 1 aromatic carbocycles. The predicted molar refractivity (Wildman–Crippen MR) is 131 cm³/mol. The fraction of sp³-hybridized carbons (Fsp3) is 0.667. The maximum absolute atomic E-state index is 13.1. The predicted octanol–water partition coefficient (Wildman–Crippen LogP) is 4.36. The fourth-order valence-electron chi connectivity index (χ4n) is 5.13. The Bertz CT molecular complexity index is 810. The van der Waals surface area contributed by atoms with E-state index >= 15 is 0 Å². The summed E-state index contributed by atoms with van der Waals surface area (Å²) in [7, 11) is 0. The first kappa shape index (κ1) is 25.3. The second-order valence-electron chi connectivity index (χ2n) is 9.78. The van der Waals surface area contributed by atoms with Gasteiger partial charge in [0.05, 0.1) is 5.92 Å². The van der Waals surface area contributed by atoms with Crippen molar-refractivity contribution < 1.29 is 14.4 Å². The summed E-state index contributed by atoms with van der Waals surface area (Å²) in [5.41, 5.74) is 1.64. The number of rotatable bonds is 9. The Morgan fingerprint density at radius 2 is 1.67 bits per heavy atom. The number of aryl methyl sites for hydroxylation is 1. The Balaban J connectivity index is 1.53. The van der Waals surface area contributed by atoms with Crippen molar-refractivity contribution in [3.63, 3.8) is 0 Å². The second-order valence-corrected chi connectivity index (χ2v) is 9.78. The summed E-state index contributed by atoms with van der Waals surface area (Å²) in [6.45, 7) is 5.38. The summed E-state index contributed by atoms with van der Waals surface area (Å²) in [4.78, 5) is 40.5. The van der Waals surface area contributed by atoms with Crippen molar-refractivity contribution in [2.45, 2.75) is 96.6 Å². The molecule has 0 bridgehead atoms. The molecule has 1 aliphatic carbocycles. The molecule has 182 valence electrons. The van der Waals surface area contributed by atoms with Gasteiger partial charge in [0.25, 0.3) is 5.91 Å². The summed E-state index contributed by atoms with van der Waals surface area (Å²) in [5.74, 6) is -0.0186. The van der Waals surface area contributed by atoms with E-state index in [0.717, 1.165) is 69.9 Å². The molecule has 6 nitrogen and oxygen atoms in total. The van der Waals surface area contributed by atoms with Crippen molar-refractivity contribution in [2.24, 2.45) is 5.92 Å². The highest BCUT2D eigenvalue weighted by atomic mass is 16.2. The van der Waals surface area contributed by atoms with Gasteiger partial charge >= 0.3 is 0 Å². The van der Waals surface area contributed by atoms with E-state index in [-0.39, 0.29) is 35.7 Å². The van der Waals surface area contributed by atoms with Crippen LogP contribution in [-0.4, -0.2) is 47.8 Å². The normalized spacial score (nSPS) is 23.1. The molecular weight excluding hydrogens is 414 g/mol. The van der Waals surface area contributed by atoms with Gasteiger partial charge in [-0.25, -0.2) is 0 Å². The maximum atomic E-state index is 13.1. The Morgan fingerprint density at radius 1 is 0.939 bits per heavy atom. The Hall–Kier alpha value is -2.37. The smallest absolute Gasteiger partial charge is 0.251 e. The monoisotopic (exact) mass is 455 g/mol. The molecule has 1 aliphatic heterocycles. The lowest BCUT2D eigenvalue weighted by Crippen LogP contribution is -2.55. The number of nitrogens with zero attached hydrogens (tertiary/aromatic N) is 1. The molecule has 0 unspecified atom stereocenters. The first-order valence-electron chi connectivity index (χ1n) is 12.9. The quantitative estimate of drug-likeness (QED) is 0.543. The number of amides is 3. The van der Waals surface area contributed by atoms with Crippen LogP contribution in [0.4, 0.5) is 0 Å². The van der Waals surface area contributed by atoms with Crippen LogP contribution >= 0.6 is 0 Å². The van der Waals surface area contributed by atoms with Crippen molar-refractivity contribution in [3.8, 4) is 0 Å². The van der Waals surface area contributed by atoms with Crippen LogP contribution in [0, 0.1) is 12.8 Å². The molecule has 0 spiro atoms. The van der Waals surface area contributed by atoms with Gasteiger partial charge in [-0.1, -0.05) is 57.2 Å². The first-order valence-corrected chi connectivity index (χ1v) is 12.9. The maximum Gasteiger partial charge on any atom is 0.251 e. The van der Waals surface area contributed by atoms with Crippen molar-refractivity contribution >= 4 is 17.7 Å². The molecule has 3 amide bonds. The van der Waals surface area contributed by atoms with Crippen molar-refractivity contribution in [3.05, 3.63) is 35.4 Å². The summed E-state index contributed by atoms with van der Waals surface area (Å²) < 4.78 is 0. The highest BCUT2D eigenvalue weighted by Crippen LogP contribution is 2.23. The van der Waals surface area contributed by atoms with E-state index in [1.807, 2.05) is 36.1 Å². The van der Waals surface area contributed by atoms with E-state index in [2.05, 4.69) is 17.6 Å². The highest BCUT2D eigenvalue weighted by molar-refractivity contribution is 5.95. The topological polar surface area (TPSA) is 78.5 Å². The van der Waals surface area contributed by atoms with Crippen molar-refractivity contribution in [1.82, 2.24) is 15.5 Å². The van der Waals surface area contributed by atoms with Crippen LogP contribution in [0.2, 0.25) is 0 Å². The molecule has 3 rings (SSSR count). The fourth-order valence-corrected chi connectivity index (χ4v) is 5.13. The summed E-state index contributed by atoms with van der Waals surface area (Å²) in [5, 5.41) is 6.41. The number of hydrogen-bond acceptors (Lipinski definition) is 3. The van der Waals surface area contributed by atoms with Gasteiger partial charge in [-0.2, -0.15) is 0 Å². The number of carbonyl (C=O) groups excluding carboxylic acids is 3. The SMILES string of the molecule is CCCCCCC(=O)N1CCC[C@H](C(=O)N[C@@H]2CCCC[C@H]2NC(=O)c2ccccc2C)C1. The van der Waals surface area contributed by atoms with Gasteiger partial charge in [-0.15, -0.1) is 0 Å². The van der Waals surface area contributed by atoms with E-state index in [1.165, 1.54) is 6.42 Å². The Labute approximate surface area is 198 Å². The van der Waals surface area contributed by atoms with Gasteiger partial charge in [-0.05, 0) is 50.7 Å². The van der Waals surface area contributed by atoms with Gasteiger partial charge in [0.15, 0.2) is 0 Å². The summed E-state index contributed by atoms with van der Waals surface area (Å²) in [6.07, 6.45) is 10.5. The van der Waals surface area contributed by atoms with Gasteiger partial charge in [-0.3, -0.25) is 14.4 Å². The molecule has 0 aromatic heterocycles. The average molecular weight is 456 g/mol.